The summed E-state index contributed by atoms with van der Waals surface area (Å²) in [6.45, 7) is 9.77. The highest BCUT2D eigenvalue weighted by Crippen LogP contribution is 2.19. The number of fused-ring (bicyclic) bond motifs is 2. The molecule has 4 rings (SSSR count). The third-order valence-corrected chi connectivity index (χ3v) is 5.87. The normalized spacial score (nSPS) is 14.4. The molecule has 10 heteroatoms. The highest BCUT2D eigenvalue weighted by Gasteiger charge is 2.14. The minimum atomic E-state index is -0.172. The lowest BCUT2D eigenvalue weighted by atomic mass is 10.0. The summed E-state index contributed by atoms with van der Waals surface area (Å²) in [6.07, 6.45) is 1.59. The van der Waals surface area contributed by atoms with Gasteiger partial charge in [-0.05, 0) is 42.8 Å². The Morgan fingerprint density at radius 2 is 1.76 bits per heavy atom. The summed E-state index contributed by atoms with van der Waals surface area (Å²) in [5.41, 5.74) is 2.63. The molecule has 3 heterocycles. The zero-order valence-electron chi connectivity index (χ0n) is 19.1. The molecule has 1 fully saturated rings. The number of likely N-dealkylation sites (N-methyl/N-ethyl adjacent to an activating group) is 1. The second-order valence-electron chi connectivity index (χ2n) is 8.40. The number of carbonyl (C=O) groups is 1. The molecule has 0 atom stereocenters. The largest absolute Gasteiger partial charge is 0.351 e. The van der Waals surface area contributed by atoms with E-state index >= 15 is 0 Å². The number of piperazine rings is 1. The van der Waals surface area contributed by atoms with Crippen LogP contribution in [0.1, 0.15) is 35.7 Å². The Kier molecular flexibility index (Phi) is 11.1. The Morgan fingerprint density at radius 1 is 1.06 bits per heavy atom. The summed E-state index contributed by atoms with van der Waals surface area (Å²) in [6, 6.07) is 9.27. The standard InChI is InChI=1S/C23H29N5O2.3ClH/c1-16(2)17-4-6-20-19(14-17)23(30)28-15-18(5-7-21(28)25-20)22(29)24-8-9-27-12-10-26(3)11-13-27;;;/h4-7,14-16H,8-13H2,1-3H3,(H,24,29);3*1H. The molecule has 1 amide bonds. The minimum absolute atomic E-state index is 0. The van der Waals surface area contributed by atoms with Gasteiger partial charge < -0.3 is 10.2 Å². The number of pyridine rings is 1. The Bertz CT molecular complexity index is 1140. The first-order valence-electron chi connectivity index (χ1n) is 10.6. The molecule has 0 aliphatic carbocycles. The number of benzene rings is 1. The van der Waals surface area contributed by atoms with E-state index in [9.17, 15) is 9.59 Å². The van der Waals surface area contributed by atoms with Crippen molar-refractivity contribution in [1.29, 1.82) is 0 Å². The number of amides is 1. The van der Waals surface area contributed by atoms with Gasteiger partial charge in [-0.25, -0.2) is 4.98 Å². The molecular formula is C23H32Cl3N5O2. The van der Waals surface area contributed by atoms with Gasteiger partial charge in [0.1, 0.15) is 5.65 Å². The van der Waals surface area contributed by atoms with Gasteiger partial charge >= 0.3 is 0 Å². The fourth-order valence-corrected chi connectivity index (χ4v) is 3.82. The van der Waals surface area contributed by atoms with Crippen molar-refractivity contribution in [2.75, 3.05) is 46.3 Å². The maximum Gasteiger partial charge on any atom is 0.265 e. The van der Waals surface area contributed by atoms with Gasteiger partial charge in [-0.2, -0.15) is 0 Å². The third-order valence-electron chi connectivity index (χ3n) is 5.87. The van der Waals surface area contributed by atoms with Crippen LogP contribution >= 0.6 is 37.2 Å². The van der Waals surface area contributed by atoms with Gasteiger partial charge in [0.15, 0.2) is 0 Å². The zero-order valence-corrected chi connectivity index (χ0v) is 21.6. The van der Waals surface area contributed by atoms with Crippen LogP contribution in [0.4, 0.5) is 0 Å². The van der Waals surface area contributed by atoms with Crippen LogP contribution in [0, 0.1) is 0 Å². The minimum Gasteiger partial charge on any atom is -0.351 e. The molecule has 1 saturated heterocycles. The summed E-state index contributed by atoms with van der Waals surface area (Å²) >= 11 is 0. The number of hydrogen-bond acceptors (Lipinski definition) is 5. The highest BCUT2D eigenvalue weighted by molar-refractivity contribution is 5.94. The maximum atomic E-state index is 13.1. The predicted molar refractivity (Wildman–Crippen MR) is 141 cm³/mol. The maximum absolute atomic E-state index is 13.1. The van der Waals surface area contributed by atoms with Gasteiger partial charge in [0, 0.05) is 45.5 Å². The molecule has 0 spiro atoms. The molecule has 7 nitrogen and oxygen atoms in total. The van der Waals surface area contributed by atoms with Gasteiger partial charge in [0.25, 0.3) is 11.5 Å². The van der Waals surface area contributed by atoms with Crippen LogP contribution < -0.4 is 10.9 Å². The lowest BCUT2D eigenvalue weighted by molar-refractivity contribution is 0.0940. The van der Waals surface area contributed by atoms with Crippen molar-refractivity contribution in [3.05, 3.63) is 58.0 Å². The van der Waals surface area contributed by atoms with E-state index in [1.54, 1.807) is 18.3 Å². The number of rotatable bonds is 5. The van der Waals surface area contributed by atoms with Gasteiger partial charge in [-0.1, -0.05) is 19.9 Å². The van der Waals surface area contributed by atoms with Crippen LogP contribution in [0.3, 0.4) is 0 Å². The van der Waals surface area contributed by atoms with Crippen LogP contribution in [-0.4, -0.2) is 71.4 Å². The molecule has 182 valence electrons. The van der Waals surface area contributed by atoms with E-state index in [1.807, 2.05) is 18.2 Å². The predicted octanol–water partition coefficient (Wildman–Crippen LogP) is 3.21. The molecule has 1 aliphatic rings. The molecule has 0 bridgehead atoms. The molecular weight excluding hydrogens is 485 g/mol. The monoisotopic (exact) mass is 515 g/mol. The molecule has 1 aliphatic heterocycles. The highest BCUT2D eigenvalue weighted by atomic mass is 35.5. The van der Waals surface area contributed by atoms with Gasteiger partial charge in [0.05, 0.1) is 16.5 Å². The number of carbonyl (C=O) groups excluding carboxylic acids is 1. The molecule has 0 saturated carbocycles. The topological polar surface area (TPSA) is 70.0 Å². The number of nitrogens with zero attached hydrogens (tertiary/aromatic N) is 4. The second-order valence-corrected chi connectivity index (χ2v) is 8.40. The Balaban J connectivity index is 0.00000181. The van der Waals surface area contributed by atoms with Crippen LogP contribution in [0.25, 0.3) is 16.6 Å². The molecule has 3 aromatic rings. The van der Waals surface area contributed by atoms with E-state index in [1.165, 1.54) is 4.40 Å². The second kappa shape index (κ2) is 12.5. The number of hydrogen-bond donors (Lipinski definition) is 1. The molecule has 0 unspecified atom stereocenters. The van der Waals surface area contributed by atoms with Crippen LogP contribution in [-0.2, 0) is 0 Å². The lowest BCUT2D eigenvalue weighted by Gasteiger charge is -2.32. The van der Waals surface area contributed by atoms with Crippen molar-refractivity contribution in [2.45, 2.75) is 19.8 Å². The van der Waals surface area contributed by atoms with Gasteiger partial charge in [0.2, 0.25) is 0 Å². The smallest absolute Gasteiger partial charge is 0.265 e. The Labute approximate surface area is 212 Å². The lowest BCUT2D eigenvalue weighted by Crippen LogP contribution is -2.46. The van der Waals surface area contributed by atoms with E-state index in [-0.39, 0.29) is 48.7 Å². The van der Waals surface area contributed by atoms with Crippen molar-refractivity contribution >= 4 is 59.7 Å². The summed E-state index contributed by atoms with van der Waals surface area (Å²) < 4.78 is 1.47. The Hall–Kier alpha value is -1.90. The fourth-order valence-electron chi connectivity index (χ4n) is 3.82. The van der Waals surface area contributed by atoms with E-state index in [4.69, 9.17) is 0 Å². The fraction of sp³-hybridized carbons (Fsp3) is 0.435. The first-order valence-corrected chi connectivity index (χ1v) is 10.6. The number of nitrogens with one attached hydrogen (secondary N) is 1. The van der Waals surface area contributed by atoms with Gasteiger partial charge in [-0.3, -0.25) is 18.9 Å². The number of halogens is 3. The SMILES string of the molecule is CC(C)c1ccc2nc3ccc(C(=O)NCCN4CCN(C)CC4)cn3c(=O)c2c1.Cl.Cl.Cl. The van der Waals surface area contributed by atoms with Crippen molar-refractivity contribution in [2.24, 2.45) is 0 Å². The van der Waals surface area contributed by atoms with Gasteiger partial charge in [-0.15, -0.1) is 37.2 Å². The summed E-state index contributed by atoms with van der Waals surface area (Å²) in [7, 11) is 2.13. The third kappa shape index (κ3) is 6.58. The van der Waals surface area contributed by atoms with Crippen LogP contribution in [0.2, 0.25) is 0 Å². The Morgan fingerprint density at radius 3 is 2.42 bits per heavy atom. The molecule has 1 aromatic carbocycles. The van der Waals surface area contributed by atoms with Crippen molar-refractivity contribution in [3.63, 3.8) is 0 Å². The quantitative estimate of drug-likeness (QED) is 0.527. The van der Waals surface area contributed by atoms with Crippen molar-refractivity contribution in [1.82, 2.24) is 24.5 Å². The summed E-state index contributed by atoms with van der Waals surface area (Å²) in [5, 5.41) is 3.55. The van der Waals surface area contributed by atoms with E-state index in [2.05, 4.69) is 41.0 Å². The summed E-state index contributed by atoms with van der Waals surface area (Å²) in [5.74, 6) is 0.154. The molecule has 33 heavy (non-hydrogen) atoms. The van der Waals surface area contributed by atoms with Crippen molar-refractivity contribution in [3.8, 4) is 0 Å². The summed E-state index contributed by atoms with van der Waals surface area (Å²) in [4.78, 5) is 34.9. The van der Waals surface area contributed by atoms with Crippen LogP contribution in [0.5, 0.6) is 0 Å². The van der Waals surface area contributed by atoms with E-state index in [0.717, 1.165) is 38.3 Å². The van der Waals surface area contributed by atoms with Crippen molar-refractivity contribution < 1.29 is 4.79 Å². The molecule has 0 radical (unpaired) electrons. The van der Waals surface area contributed by atoms with E-state index < -0.39 is 0 Å². The number of aromatic nitrogens is 2. The molecule has 2 aromatic heterocycles. The molecule has 1 N–H and O–H groups in total. The zero-order chi connectivity index (χ0) is 21.3. The average Bonchev–Trinajstić information content (AvgIpc) is 2.74. The first kappa shape index (κ1) is 29.1. The first-order chi connectivity index (χ1) is 14.4. The van der Waals surface area contributed by atoms with E-state index in [0.29, 0.717) is 34.6 Å². The van der Waals surface area contributed by atoms with Crippen LogP contribution in [0.15, 0.2) is 41.3 Å². The average molecular weight is 517 g/mol.